The molecule has 4 rings (SSSR count). The van der Waals surface area contributed by atoms with E-state index in [4.69, 9.17) is 15.1 Å². The molecule has 1 aromatic carbocycles. The minimum absolute atomic E-state index is 0.0658. The molecule has 1 saturated carbocycles. The second-order valence-corrected chi connectivity index (χ2v) is 9.59. The number of nitrogens with one attached hydrogen (secondary N) is 1. The summed E-state index contributed by atoms with van der Waals surface area (Å²) in [4.78, 5) is 21.9. The van der Waals surface area contributed by atoms with E-state index in [-0.39, 0.29) is 19.1 Å². The summed E-state index contributed by atoms with van der Waals surface area (Å²) in [5, 5.41) is 13.0. The van der Waals surface area contributed by atoms with Crippen LogP contribution in [0.2, 0.25) is 0 Å². The lowest BCUT2D eigenvalue weighted by Crippen LogP contribution is -2.26. The number of aromatic nitrogens is 2. The molecule has 2 aliphatic rings. The third-order valence-corrected chi connectivity index (χ3v) is 8.28. The Bertz CT molecular complexity index is 830. The molecule has 2 unspecified atom stereocenters. The maximum absolute atomic E-state index is 12.1. The molecule has 2 heterocycles. The van der Waals surface area contributed by atoms with Gasteiger partial charge in [0.2, 0.25) is 0 Å². The van der Waals surface area contributed by atoms with E-state index in [2.05, 4.69) is 17.1 Å². The fraction of sp³-hybridized carbons (Fsp3) is 0.550. The predicted octanol–water partition coefficient (Wildman–Crippen LogP) is 3.53. The van der Waals surface area contributed by atoms with Crippen LogP contribution in [0.15, 0.2) is 18.2 Å². The van der Waals surface area contributed by atoms with Crippen molar-refractivity contribution in [3.63, 3.8) is 0 Å². The van der Waals surface area contributed by atoms with E-state index in [1.165, 1.54) is 32.1 Å². The summed E-state index contributed by atoms with van der Waals surface area (Å²) in [6.45, 7) is 0.187. The molecule has 0 saturated heterocycles. The first-order valence-corrected chi connectivity index (χ1v) is 11.8. The Hall–Kier alpha value is -1.31. The molecule has 27 heavy (non-hydrogen) atoms. The van der Waals surface area contributed by atoms with Crippen molar-refractivity contribution >= 4 is 40.5 Å². The van der Waals surface area contributed by atoms with Crippen molar-refractivity contribution in [2.75, 3.05) is 13.2 Å². The van der Waals surface area contributed by atoms with Crippen molar-refractivity contribution in [2.24, 2.45) is 0 Å². The van der Waals surface area contributed by atoms with Gasteiger partial charge in [0.25, 0.3) is 5.91 Å². The van der Waals surface area contributed by atoms with Gasteiger partial charge < -0.3 is 10.4 Å². The topological polar surface area (TPSA) is 75.1 Å². The van der Waals surface area contributed by atoms with E-state index in [0.717, 1.165) is 44.4 Å². The molecule has 0 bridgehead atoms. The van der Waals surface area contributed by atoms with Crippen molar-refractivity contribution in [1.82, 2.24) is 15.3 Å². The number of carbonyl (C=O) groups is 1. The summed E-state index contributed by atoms with van der Waals surface area (Å²) < 4.78 is 0. The van der Waals surface area contributed by atoms with Gasteiger partial charge in [0, 0.05) is 34.1 Å². The minimum atomic E-state index is -0.189. The van der Waals surface area contributed by atoms with Crippen LogP contribution >= 0.6 is 23.5 Å². The number of aliphatic hydroxyl groups is 1. The van der Waals surface area contributed by atoms with Gasteiger partial charge >= 0.3 is 0 Å². The third-order valence-electron chi connectivity index (χ3n) is 5.24. The zero-order chi connectivity index (χ0) is 18.6. The number of carbonyl (C=O) groups excluding carboxylic acids is 1. The Morgan fingerprint density at radius 1 is 1.04 bits per heavy atom. The van der Waals surface area contributed by atoms with Crippen molar-refractivity contribution in [3.05, 3.63) is 35.2 Å². The van der Waals surface area contributed by atoms with E-state index in [1.54, 1.807) is 12.1 Å². The normalized spacial score (nSPS) is 22.9. The van der Waals surface area contributed by atoms with E-state index in [9.17, 15) is 4.79 Å². The fourth-order valence-electron chi connectivity index (χ4n) is 3.76. The van der Waals surface area contributed by atoms with Crippen LogP contribution in [0.4, 0.5) is 0 Å². The van der Waals surface area contributed by atoms with Gasteiger partial charge in [-0.2, -0.15) is 23.5 Å². The summed E-state index contributed by atoms with van der Waals surface area (Å²) in [6, 6.07) is 5.46. The highest BCUT2D eigenvalue weighted by atomic mass is 32.2. The van der Waals surface area contributed by atoms with Crippen LogP contribution in [-0.4, -0.2) is 44.6 Å². The molecule has 1 aliphatic heterocycles. The summed E-state index contributed by atoms with van der Waals surface area (Å²) in [7, 11) is 0. The fourth-order valence-corrected chi connectivity index (χ4v) is 6.81. The van der Waals surface area contributed by atoms with Gasteiger partial charge in [-0.25, -0.2) is 9.97 Å². The molecule has 1 fully saturated rings. The second-order valence-electron chi connectivity index (χ2n) is 7.14. The number of rotatable bonds is 3. The number of hydrogen-bond donors (Lipinski definition) is 2. The SMILES string of the molecule is O=C(NCCO)c1ccc2nc3c(nc2c1)CSC1CCCCCC1SC3. The van der Waals surface area contributed by atoms with Crippen molar-refractivity contribution in [2.45, 2.75) is 54.1 Å². The standard InChI is InChI=1S/C20H25N3O2S2/c24-9-8-21-20(25)13-6-7-14-15(10-13)23-17-12-27-19-5-3-1-2-4-18(19)26-11-16(17)22-14/h6-7,10,18-19,24H,1-5,8-9,11-12H2,(H,21,25). The highest BCUT2D eigenvalue weighted by Gasteiger charge is 2.28. The number of benzene rings is 1. The molecule has 1 amide bonds. The summed E-state index contributed by atoms with van der Waals surface area (Å²) >= 11 is 4.09. The maximum Gasteiger partial charge on any atom is 0.251 e. The molecule has 1 aromatic heterocycles. The molecular weight excluding hydrogens is 378 g/mol. The van der Waals surface area contributed by atoms with Crippen molar-refractivity contribution in [1.29, 1.82) is 0 Å². The minimum Gasteiger partial charge on any atom is -0.395 e. The molecule has 144 valence electrons. The Morgan fingerprint density at radius 2 is 1.70 bits per heavy atom. The molecule has 2 atom stereocenters. The molecule has 2 aromatic rings. The van der Waals surface area contributed by atoms with Crippen LogP contribution in [0.25, 0.3) is 11.0 Å². The zero-order valence-corrected chi connectivity index (χ0v) is 17.0. The smallest absolute Gasteiger partial charge is 0.251 e. The average molecular weight is 404 g/mol. The quantitative estimate of drug-likeness (QED) is 0.817. The monoisotopic (exact) mass is 403 g/mol. The molecule has 0 radical (unpaired) electrons. The van der Waals surface area contributed by atoms with Crippen LogP contribution in [0, 0.1) is 0 Å². The predicted molar refractivity (Wildman–Crippen MR) is 112 cm³/mol. The number of amides is 1. The van der Waals surface area contributed by atoms with Gasteiger partial charge in [-0.05, 0) is 31.0 Å². The van der Waals surface area contributed by atoms with Crippen LogP contribution in [-0.2, 0) is 11.5 Å². The lowest BCUT2D eigenvalue weighted by atomic mass is 10.1. The van der Waals surface area contributed by atoms with E-state index in [0.29, 0.717) is 5.56 Å². The Morgan fingerprint density at radius 3 is 2.37 bits per heavy atom. The lowest BCUT2D eigenvalue weighted by Gasteiger charge is -2.27. The van der Waals surface area contributed by atoms with Gasteiger partial charge in [0.15, 0.2) is 0 Å². The zero-order valence-electron chi connectivity index (χ0n) is 15.3. The third kappa shape index (κ3) is 4.41. The first-order chi connectivity index (χ1) is 13.2. The van der Waals surface area contributed by atoms with Gasteiger partial charge in [-0.15, -0.1) is 0 Å². The van der Waals surface area contributed by atoms with E-state index in [1.807, 2.05) is 17.8 Å². The highest BCUT2D eigenvalue weighted by molar-refractivity contribution is 8.03. The first-order valence-electron chi connectivity index (χ1n) is 9.66. The van der Waals surface area contributed by atoms with E-state index >= 15 is 0 Å². The molecule has 0 spiro atoms. The number of hydrogen-bond acceptors (Lipinski definition) is 6. The number of nitrogens with zero attached hydrogens (tertiary/aromatic N) is 2. The lowest BCUT2D eigenvalue weighted by molar-refractivity contribution is 0.0945. The molecule has 1 aliphatic carbocycles. The Balaban J connectivity index is 1.60. The van der Waals surface area contributed by atoms with Crippen LogP contribution in [0.3, 0.4) is 0 Å². The van der Waals surface area contributed by atoms with Crippen LogP contribution in [0.1, 0.15) is 53.8 Å². The summed E-state index contributed by atoms with van der Waals surface area (Å²) in [5.74, 6) is 1.64. The number of thioether (sulfide) groups is 2. The van der Waals surface area contributed by atoms with Gasteiger partial charge in [-0.3, -0.25) is 4.79 Å². The molecule has 7 heteroatoms. The highest BCUT2D eigenvalue weighted by Crippen LogP contribution is 2.40. The number of fused-ring (bicyclic) bond motifs is 3. The number of aliphatic hydroxyl groups excluding tert-OH is 1. The Kier molecular flexibility index (Phi) is 6.20. The first kappa shape index (κ1) is 19.0. The van der Waals surface area contributed by atoms with Crippen molar-refractivity contribution < 1.29 is 9.90 Å². The average Bonchev–Trinajstić information content (AvgIpc) is 2.91. The summed E-state index contributed by atoms with van der Waals surface area (Å²) in [6.07, 6.45) is 6.70. The second kappa shape index (κ2) is 8.80. The van der Waals surface area contributed by atoms with Gasteiger partial charge in [0.1, 0.15) is 0 Å². The maximum atomic E-state index is 12.1. The Labute approximate surface area is 168 Å². The van der Waals surface area contributed by atoms with E-state index < -0.39 is 0 Å². The van der Waals surface area contributed by atoms with Crippen LogP contribution < -0.4 is 5.32 Å². The summed E-state index contributed by atoms with van der Waals surface area (Å²) in [5.41, 5.74) is 4.34. The molecule has 5 nitrogen and oxygen atoms in total. The van der Waals surface area contributed by atoms with Crippen molar-refractivity contribution in [3.8, 4) is 0 Å². The largest absolute Gasteiger partial charge is 0.395 e. The van der Waals surface area contributed by atoms with Gasteiger partial charge in [0.05, 0.1) is 29.0 Å². The molecule has 2 N–H and O–H groups in total. The van der Waals surface area contributed by atoms with Gasteiger partial charge in [-0.1, -0.05) is 19.3 Å². The molecular formula is C20H25N3O2S2. The van der Waals surface area contributed by atoms with Crippen LogP contribution in [0.5, 0.6) is 0 Å².